The maximum Gasteiger partial charge on any atom is 0.326 e. The van der Waals surface area contributed by atoms with Crippen molar-refractivity contribution in [3.8, 4) is 23.0 Å². The van der Waals surface area contributed by atoms with Gasteiger partial charge in [-0.05, 0) is 72.8 Å². The summed E-state index contributed by atoms with van der Waals surface area (Å²) in [5.41, 5.74) is 0. The first-order valence-electron chi connectivity index (χ1n) is 13.7. The van der Waals surface area contributed by atoms with Crippen molar-refractivity contribution in [1.29, 1.82) is 0 Å². The van der Waals surface area contributed by atoms with Gasteiger partial charge in [0.05, 0.1) is 10.6 Å². The molecule has 0 aliphatic carbocycles. The molecule has 6 aromatic rings. The molecular weight excluding hydrogens is 736 g/mol. The summed E-state index contributed by atoms with van der Waals surface area (Å²) in [6.45, 7) is 0. The van der Waals surface area contributed by atoms with Crippen LogP contribution in [0.5, 0.6) is 23.0 Å². The van der Waals surface area contributed by atoms with Gasteiger partial charge in [-0.3, -0.25) is 0 Å². The molecule has 0 saturated carbocycles. The van der Waals surface area contributed by atoms with Gasteiger partial charge < -0.3 is 18.1 Å². The van der Waals surface area contributed by atoms with Crippen LogP contribution in [0, 0.1) is 0 Å². The molecule has 0 aliphatic heterocycles. The van der Waals surface area contributed by atoms with E-state index in [2.05, 4.69) is 0 Å². The number of hydrogen-bond donors (Lipinski definition) is 0. The Kier molecular flexibility index (Phi) is 15.8. The average molecular weight is 766 g/mol. The largest absolute Gasteiger partial charge is 0.435 e. The van der Waals surface area contributed by atoms with Gasteiger partial charge in [-0.2, -0.15) is 0 Å². The first-order valence-corrected chi connectivity index (χ1v) is 20.1. The molecule has 45 heavy (non-hydrogen) atoms. The molecule has 6 aromatic carbocycles. The summed E-state index contributed by atoms with van der Waals surface area (Å²) >= 11 is -0.106. The van der Waals surface area contributed by atoms with E-state index in [1.54, 1.807) is 0 Å². The van der Waals surface area contributed by atoms with Crippen molar-refractivity contribution < 1.29 is 34.0 Å². The maximum atomic E-state index is 6.05. The second-order valence-corrected chi connectivity index (χ2v) is 14.0. The Morgan fingerprint density at radius 2 is 0.489 bits per heavy atom. The van der Waals surface area contributed by atoms with Crippen LogP contribution in [-0.4, -0.2) is 0 Å². The van der Waals surface area contributed by atoms with Crippen LogP contribution in [0.25, 0.3) is 0 Å². The summed E-state index contributed by atoms with van der Waals surface area (Å²) in [6, 6.07) is 59.1. The summed E-state index contributed by atoms with van der Waals surface area (Å²) in [5.74, 6) is 3.23. The number of hydrogen-bond acceptors (Lipinski definition) is 4. The second-order valence-electron chi connectivity index (χ2n) is 8.85. The van der Waals surface area contributed by atoms with Gasteiger partial charge >= 0.3 is 51.7 Å². The van der Waals surface area contributed by atoms with Gasteiger partial charge in [-0.15, -0.1) is 0 Å². The average Bonchev–Trinajstić information content (AvgIpc) is 3.11. The van der Waals surface area contributed by atoms with E-state index in [4.69, 9.17) is 37.2 Å². The molecule has 0 unspecified atom stereocenters. The molecule has 0 fully saturated rings. The van der Waals surface area contributed by atoms with Crippen LogP contribution in [-0.2, 0) is 15.9 Å². The van der Waals surface area contributed by atoms with Gasteiger partial charge in [-0.25, -0.2) is 0 Å². The molecule has 0 saturated heterocycles. The van der Waals surface area contributed by atoms with Gasteiger partial charge in [0.25, 0.3) is 0 Å². The Morgan fingerprint density at radius 3 is 0.689 bits per heavy atom. The molecule has 6 rings (SSSR count). The van der Waals surface area contributed by atoms with E-state index >= 15 is 0 Å². The number of para-hydroxylation sites is 4. The molecule has 232 valence electrons. The predicted octanol–water partition coefficient (Wildman–Crippen LogP) is 10.9. The van der Waals surface area contributed by atoms with Crippen LogP contribution in [0.2, 0.25) is 0 Å². The first kappa shape index (κ1) is 34.5. The van der Waals surface area contributed by atoms with E-state index in [0.717, 1.165) is 33.6 Å². The van der Waals surface area contributed by atoms with Gasteiger partial charge in [0.1, 0.15) is 23.0 Å². The van der Waals surface area contributed by atoms with Crippen molar-refractivity contribution in [2.45, 2.75) is 0 Å². The fourth-order valence-electron chi connectivity index (χ4n) is 3.66. The van der Waals surface area contributed by atoms with E-state index < -0.39 is 16.8 Å². The van der Waals surface area contributed by atoms with E-state index in [1.165, 1.54) is 0 Å². The summed E-state index contributed by atoms with van der Waals surface area (Å²) in [7, 11) is 7.21. The summed E-state index contributed by atoms with van der Waals surface area (Å²) in [5, 5.41) is 2.08. The first-order chi connectivity index (χ1) is 22.2. The van der Waals surface area contributed by atoms with Crippen LogP contribution in [0.3, 0.4) is 0 Å². The third-order valence-corrected chi connectivity index (χ3v) is 8.61. The fourth-order valence-corrected chi connectivity index (χ4v) is 6.24. The van der Waals surface area contributed by atoms with Crippen molar-refractivity contribution in [2.24, 2.45) is 0 Å². The van der Waals surface area contributed by atoms with Crippen molar-refractivity contribution in [3.05, 3.63) is 182 Å². The molecule has 0 radical (unpaired) electrons. The minimum absolute atomic E-state index is 0.106. The number of benzene rings is 6. The van der Waals surface area contributed by atoms with E-state index in [1.807, 2.05) is 182 Å². The van der Waals surface area contributed by atoms with Gasteiger partial charge in [0.15, 0.2) is 0 Å². The normalized spacial score (nSPS) is 10.1. The van der Waals surface area contributed by atoms with Crippen LogP contribution in [0.15, 0.2) is 182 Å². The Labute approximate surface area is 283 Å². The maximum absolute atomic E-state index is 6.05. The Bertz CT molecular complexity index is 1390. The Morgan fingerprint density at radius 1 is 0.311 bits per heavy atom. The number of halogens is 2. The fraction of sp³-hybridized carbons (Fsp3) is 0. The van der Waals surface area contributed by atoms with Crippen LogP contribution >= 0.6 is 35.8 Å². The molecule has 0 aromatic heterocycles. The van der Waals surface area contributed by atoms with Crippen LogP contribution in [0.4, 0.5) is 0 Å². The van der Waals surface area contributed by atoms with Crippen molar-refractivity contribution in [2.75, 3.05) is 0 Å². The topological polar surface area (TPSA) is 36.9 Å². The molecule has 0 aliphatic rings. The summed E-state index contributed by atoms with van der Waals surface area (Å²) < 4.78 is 24.2. The molecule has 9 heteroatoms. The third-order valence-electron chi connectivity index (χ3n) is 5.66. The number of rotatable bonds is 10. The summed E-state index contributed by atoms with van der Waals surface area (Å²) in [6.07, 6.45) is 0. The van der Waals surface area contributed by atoms with Crippen molar-refractivity contribution in [1.82, 2.24) is 0 Å². The summed E-state index contributed by atoms with van der Waals surface area (Å²) in [4.78, 5) is 0. The molecular formula is C36H30Cl2O4P2Pd. The molecule has 0 bridgehead atoms. The minimum atomic E-state index is -1.21. The molecule has 0 N–H and O–H groups in total. The standard InChI is InChI=1S/2C18H15O2P.2ClH.Pd/c2*1-4-10-16(11-5-1)19-21(18-14-8-3-9-15-18)20-17-12-6-2-7-13-17;;;/h2*1-15H;2*1H;/q;;;;+2/p-2. The van der Waals surface area contributed by atoms with Gasteiger partial charge in [0, 0.05) is 0 Å². The molecule has 0 atom stereocenters. The smallest absolute Gasteiger partial charge is 0.326 e. The SMILES string of the molecule is [Cl][Pd][Cl].c1ccc(OP(Oc2ccccc2)c2ccccc2)cc1.c1ccc(OP(Oc2ccccc2)c2ccccc2)cc1. The minimum Gasteiger partial charge on any atom is -0.435 e. The van der Waals surface area contributed by atoms with Gasteiger partial charge in [-0.1, -0.05) is 109 Å². The third kappa shape index (κ3) is 12.9. The van der Waals surface area contributed by atoms with E-state index in [0.29, 0.717) is 0 Å². The Hall–Kier alpha value is -3.38. The van der Waals surface area contributed by atoms with Crippen molar-refractivity contribution in [3.63, 3.8) is 0 Å². The molecule has 0 spiro atoms. The zero-order valence-corrected chi connectivity index (χ0v) is 28.8. The van der Waals surface area contributed by atoms with Crippen molar-refractivity contribution >= 4 is 46.4 Å². The Balaban J connectivity index is 0.000000189. The van der Waals surface area contributed by atoms with Crippen LogP contribution in [0.1, 0.15) is 0 Å². The molecule has 4 nitrogen and oxygen atoms in total. The predicted molar refractivity (Wildman–Crippen MR) is 186 cm³/mol. The van der Waals surface area contributed by atoms with Gasteiger partial charge in [0.2, 0.25) is 0 Å². The second kappa shape index (κ2) is 20.6. The molecule has 0 amide bonds. The zero-order valence-electron chi connectivity index (χ0n) is 23.9. The monoisotopic (exact) mass is 764 g/mol. The quantitative estimate of drug-likeness (QED) is 0.103. The molecule has 0 heterocycles. The van der Waals surface area contributed by atoms with E-state index in [9.17, 15) is 0 Å². The van der Waals surface area contributed by atoms with E-state index in [-0.39, 0.29) is 15.9 Å². The van der Waals surface area contributed by atoms with Crippen LogP contribution < -0.4 is 28.7 Å². The zero-order chi connectivity index (χ0) is 31.4.